The Bertz CT molecular complexity index is 821. The van der Waals surface area contributed by atoms with Crippen molar-refractivity contribution in [2.24, 2.45) is 10.2 Å². The molecular formula is C16H15N5O. The summed E-state index contributed by atoms with van der Waals surface area (Å²) in [6.45, 7) is 2.00. The van der Waals surface area contributed by atoms with Crippen LogP contribution in [0.2, 0.25) is 0 Å². The van der Waals surface area contributed by atoms with E-state index in [0.717, 1.165) is 11.1 Å². The molecule has 4 N–H and O–H groups in total. The summed E-state index contributed by atoms with van der Waals surface area (Å²) in [7, 11) is 0. The van der Waals surface area contributed by atoms with Crippen molar-refractivity contribution in [3.05, 3.63) is 54.1 Å². The summed E-state index contributed by atoms with van der Waals surface area (Å²) in [6, 6.07) is 14.3. The fourth-order valence-corrected chi connectivity index (χ4v) is 2.10. The second kappa shape index (κ2) is 5.69. The molecule has 0 unspecified atom stereocenters. The summed E-state index contributed by atoms with van der Waals surface area (Å²) in [5.41, 5.74) is 9.72. The van der Waals surface area contributed by atoms with Crippen molar-refractivity contribution in [1.82, 2.24) is 10.2 Å². The van der Waals surface area contributed by atoms with Gasteiger partial charge in [0.2, 0.25) is 0 Å². The van der Waals surface area contributed by atoms with Crippen molar-refractivity contribution >= 4 is 17.2 Å². The molecule has 0 saturated heterocycles. The van der Waals surface area contributed by atoms with Crippen LogP contribution in [0, 0.1) is 6.92 Å². The molecular weight excluding hydrogens is 278 g/mol. The number of phenols is 1. The van der Waals surface area contributed by atoms with Crippen molar-refractivity contribution in [3.63, 3.8) is 0 Å². The fourth-order valence-electron chi connectivity index (χ4n) is 2.10. The largest absolute Gasteiger partial charge is 0.508 e. The van der Waals surface area contributed by atoms with Crippen LogP contribution in [0.3, 0.4) is 0 Å². The Kier molecular flexibility index (Phi) is 3.57. The average molecular weight is 293 g/mol. The molecule has 1 heterocycles. The number of nitrogen functional groups attached to an aromatic ring is 1. The molecule has 0 radical (unpaired) electrons. The molecule has 6 nitrogen and oxygen atoms in total. The first-order valence-corrected chi connectivity index (χ1v) is 6.76. The number of aromatic amines is 1. The molecule has 3 aromatic rings. The molecule has 0 aliphatic carbocycles. The molecule has 3 rings (SSSR count). The normalized spacial score (nSPS) is 11.1. The Labute approximate surface area is 127 Å². The van der Waals surface area contributed by atoms with Crippen LogP contribution in [0.15, 0.2) is 58.8 Å². The van der Waals surface area contributed by atoms with Crippen LogP contribution in [-0.4, -0.2) is 15.3 Å². The minimum absolute atomic E-state index is 0.183. The molecule has 0 amide bonds. The van der Waals surface area contributed by atoms with Crippen molar-refractivity contribution in [2.45, 2.75) is 6.92 Å². The van der Waals surface area contributed by atoms with Crippen LogP contribution < -0.4 is 5.73 Å². The molecule has 6 heteroatoms. The maximum atomic E-state index is 9.27. The van der Waals surface area contributed by atoms with Crippen molar-refractivity contribution in [1.29, 1.82) is 0 Å². The first kappa shape index (κ1) is 13.8. The monoisotopic (exact) mass is 293 g/mol. The number of nitrogens with two attached hydrogens (primary N) is 1. The van der Waals surface area contributed by atoms with E-state index >= 15 is 0 Å². The third kappa shape index (κ3) is 2.67. The van der Waals surface area contributed by atoms with Crippen LogP contribution in [-0.2, 0) is 0 Å². The maximum Gasteiger partial charge on any atom is 0.155 e. The van der Waals surface area contributed by atoms with Gasteiger partial charge in [-0.15, -0.1) is 5.11 Å². The molecule has 0 bridgehead atoms. The molecule has 2 aromatic carbocycles. The highest BCUT2D eigenvalue weighted by Gasteiger charge is 2.14. The lowest BCUT2D eigenvalue weighted by atomic mass is 10.1. The number of aromatic hydroxyl groups is 1. The number of nitrogens with zero attached hydrogens (tertiary/aromatic N) is 3. The number of anilines is 1. The quantitative estimate of drug-likeness (QED) is 0.634. The lowest BCUT2D eigenvalue weighted by molar-refractivity contribution is 0.475. The zero-order valence-corrected chi connectivity index (χ0v) is 12.0. The second-order valence-corrected chi connectivity index (χ2v) is 4.87. The Morgan fingerprint density at radius 2 is 1.77 bits per heavy atom. The fraction of sp³-hybridized carbons (Fsp3) is 0.0625. The Hall–Kier alpha value is -3.15. The minimum atomic E-state index is 0.183. The number of H-pyrrole nitrogens is 1. The molecule has 22 heavy (non-hydrogen) atoms. The number of benzene rings is 2. The van der Waals surface area contributed by atoms with Gasteiger partial charge in [0.15, 0.2) is 5.69 Å². The predicted molar refractivity (Wildman–Crippen MR) is 85.5 cm³/mol. The van der Waals surface area contributed by atoms with Gasteiger partial charge in [0.25, 0.3) is 0 Å². The minimum Gasteiger partial charge on any atom is -0.508 e. The van der Waals surface area contributed by atoms with Gasteiger partial charge in [0.05, 0.1) is 5.69 Å². The summed E-state index contributed by atoms with van der Waals surface area (Å²) in [5.74, 6) is 0.545. The van der Waals surface area contributed by atoms with Crippen LogP contribution in [0.5, 0.6) is 5.75 Å². The highest BCUT2D eigenvalue weighted by molar-refractivity contribution is 5.80. The third-order valence-electron chi connectivity index (χ3n) is 3.28. The number of rotatable bonds is 3. The molecule has 0 spiro atoms. The molecule has 0 atom stereocenters. The topological polar surface area (TPSA) is 99.7 Å². The molecule has 0 saturated carbocycles. The molecule has 0 aliphatic heterocycles. The number of aromatic nitrogens is 2. The molecule has 0 aliphatic rings. The zero-order valence-electron chi connectivity index (χ0n) is 12.0. The zero-order chi connectivity index (χ0) is 15.5. The van der Waals surface area contributed by atoms with Gasteiger partial charge in [-0.3, -0.25) is 5.10 Å². The number of hydrogen-bond donors (Lipinski definition) is 3. The van der Waals surface area contributed by atoms with Gasteiger partial charge in [0.1, 0.15) is 17.3 Å². The predicted octanol–water partition coefficient (Wildman–Crippen LogP) is 4.09. The van der Waals surface area contributed by atoms with E-state index < -0.39 is 0 Å². The van der Waals surface area contributed by atoms with Crippen LogP contribution in [0.25, 0.3) is 11.3 Å². The van der Waals surface area contributed by atoms with E-state index in [1.165, 1.54) is 0 Å². The average Bonchev–Trinajstić information content (AvgIpc) is 2.88. The van der Waals surface area contributed by atoms with Gasteiger partial charge in [-0.25, -0.2) is 0 Å². The van der Waals surface area contributed by atoms with Gasteiger partial charge < -0.3 is 10.8 Å². The summed E-state index contributed by atoms with van der Waals surface area (Å²) in [5, 5.41) is 24.6. The number of azo groups is 1. The number of aryl methyl sites for hydroxylation is 1. The number of nitrogens with one attached hydrogen (secondary N) is 1. The van der Waals surface area contributed by atoms with E-state index in [-0.39, 0.29) is 5.75 Å². The lowest BCUT2D eigenvalue weighted by Crippen LogP contribution is -1.84. The second-order valence-electron chi connectivity index (χ2n) is 4.87. The van der Waals surface area contributed by atoms with Gasteiger partial charge in [0, 0.05) is 5.56 Å². The van der Waals surface area contributed by atoms with Gasteiger partial charge in [-0.2, -0.15) is 10.2 Å². The summed E-state index contributed by atoms with van der Waals surface area (Å²) in [4.78, 5) is 0. The third-order valence-corrected chi connectivity index (χ3v) is 3.28. The number of hydrogen-bond acceptors (Lipinski definition) is 5. The van der Waals surface area contributed by atoms with E-state index in [0.29, 0.717) is 22.9 Å². The first-order valence-electron chi connectivity index (χ1n) is 6.76. The summed E-state index contributed by atoms with van der Waals surface area (Å²) in [6.07, 6.45) is 0. The molecule has 0 fully saturated rings. The maximum absolute atomic E-state index is 9.27. The van der Waals surface area contributed by atoms with Crippen LogP contribution in [0.4, 0.5) is 17.2 Å². The summed E-state index contributed by atoms with van der Waals surface area (Å²) >= 11 is 0. The SMILES string of the molecule is Cc1ccccc1-c1n[nH]c(N)c1/N=N/c1ccc(O)cc1. The van der Waals surface area contributed by atoms with Gasteiger partial charge in [-0.05, 0) is 36.8 Å². The summed E-state index contributed by atoms with van der Waals surface area (Å²) < 4.78 is 0. The van der Waals surface area contributed by atoms with Crippen molar-refractivity contribution in [2.75, 3.05) is 5.73 Å². The van der Waals surface area contributed by atoms with Gasteiger partial charge in [-0.1, -0.05) is 24.3 Å². The Morgan fingerprint density at radius 1 is 1.05 bits per heavy atom. The molecule has 110 valence electrons. The van der Waals surface area contributed by atoms with E-state index in [1.54, 1.807) is 24.3 Å². The van der Waals surface area contributed by atoms with E-state index in [9.17, 15) is 5.11 Å². The van der Waals surface area contributed by atoms with Crippen molar-refractivity contribution < 1.29 is 5.11 Å². The Balaban J connectivity index is 2.00. The molecule has 1 aromatic heterocycles. The Morgan fingerprint density at radius 3 is 2.50 bits per heavy atom. The smallest absolute Gasteiger partial charge is 0.155 e. The van der Waals surface area contributed by atoms with Crippen LogP contribution >= 0.6 is 0 Å². The van der Waals surface area contributed by atoms with E-state index in [2.05, 4.69) is 20.4 Å². The van der Waals surface area contributed by atoms with Crippen LogP contribution in [0.1, 0.15) is 5.56 Å². The standard InChI is InChI=1S/C16H15N5O/c1-10-4-2-3-5-13(10)14-15(16(17)21-19-14)20-18-11-6-8-12(22)9-7-11/h2-9,22H,1H3,(H3,17,19,21)/b20-18+. The lowest BCUT2D eigenvalue weighted by Gasteiger charge is -2.02. The van der Waals surface area contributed by atoms with Gasteiger partial charge >= 0.3 is 0 Å². The highest BCUT2D eigenvalue weighted by Crippen LogP contribution is 2.35. The van der Waals surface area contributed by atoms with E-state index in [4.69, 9.17) is 5.73 Å². The van der Waals surface area contributed by atoms with E-state index in [1.807, 2.05) is 31.2 Å². The highest BCUT2D eigenvalue weighted by atomic mass is 16.3. The van der Waals surface area contributed by atoms with Crippen molar-refractivity contribution in [3.8, 4) is 17.0 Å². The number of phenolic OH excluding ortho intramolecular Hbond substituents is 1. The first-order chi connectivity index (χ1) is 10.6.